The molecule has 0 radical (unpaired) electrons. The van der Waals surface area contributed by atoms with Gasteiger partial charge in [-0.05, 0) is 13.3 Å². The molecule has 0 aromatic heterocycles. The molecule has 0 heterocycles. The molecule has 0 rings (SSSR count). The zero-order chi connectivity index (χ0) is 7.82. The van der Waals surface area contributed by atoms with Crippen molar-refractivity contribution in [3.8, 4) is 0 Å². The second-order valence-corrected chi connectivity index (χ2v) is 2.37. The van der Waals surface area contributed by atoms with Crippen LogP contribution in [0.3, 0.4) is 0 Å². The first-order valence-electron chi connectivity index (χ1n) is 3.59. The highest BCUT2D eigenvalue weighted by atomic mass is 16.5. The van der Waals surface area contributed by atoms with Gasteiger partial charge in [0.05, 0.1) is 13.2 Å². The normalized spacial score (nSPS) is 13.5. The van der Waals surface area contributed by atoms with Crippen molar-refractivity contribution in [3.05, 3.63) is 0 Å². The van der Waals surface area contributed by atoms with E-state index in [0.717, 1.165) is 13.0 Å². The zero-order valence-corrected chi connectivity index (χ0v) is 6.80. The van der Waals surface area contributed by atoms with E-state index in [0.29, 0.717) is 13.2 Å². The molecule has 0 fully saturated rings. The topological polar surface area (TPSA) is 44.5 Å². The summed E-state index contributed by atoms with van der Waals surface area (Å²) in [7, 11) is 1.66. The highest BCUT2D eigenvalue weighted by molar-refractivity contribution is 4.50. The lowest BCUT2D eigenvalue weighted by molar-refractivity contribution is 0.0678. The predicted molar refractivity (Wildman–Crippen MR) is 41.0 cm³/mol. The van der Waals surface area contributed by atoms with Crippen molar-refractivity contribution in [2.24, 2.45) is 5.73 Å². The van der Waals surface area contributed by atoms with Crippen LogP contribution < -0.4 is 5.73 Å². The maximum absolute atomic E-state index is 5.50. The Hall–Kier alpha value is -0.120. The summed E-state index contributed by atoms with van der Waals surface area (Å²) in [6.07, 6.45) is 0.920. The SMILES string of the molecule is COCCOCCC(C)N. The van der Waals surface area contributed by atoms with Gasteiger partial charge in [-0.2, -0.15) is 0 Å². The van der Waals surface area contributed by atoms with Gasteiger partial charge in [-0.3, -0.25) is 0 Å². The van der Waals surface area contributed by atoms with Gasteiger partial charge in [-0.1, -0.05) is 0 Å². The third-order valence-corrected chi connectivity index (χ3v) is 1.15. The molecule has 0 aliphatic carbocycles. The molecule has 3 nitrogen and oxygen atoms in total. The van der Waals surface area contributed by atoms with Gasteiger partial charge in [-0.25, -0.2) is 0 Å². The van der Waals surface area contributed by atoms with Crippen molar-refractivity contribution in [2.45, 2.75) is 19.4 Å². The van der Waals surface area contributed by atoms with E-state index in [4.69, 9.17) is 15.2 Å². The number of methoxy groups -OCH3 is 1. The van der Waals surface area contributed by atoms with E-state index in [2.05, 4.69) is 0 Å². The van der Waals surface area contributed by atoms with Gasteiger partial charge in [0.2, 0.25) is 0 Å². The summed E-state index contributed by atoms with van der Waals surface area (Å²) in [4.78, 5) is 0. The Kier molecular flexibility index (Phi) is 6.91. The second kappa shape index (κ2) is 6.99. The first-order chi connectivity index (χ1) is 4.77. The van der Waals surface area contributed by atoms with Crippen LogP contribution in [0.5, 0.6) is 0 Å². The van der Waals surface area contributed by atoms with Gasteiger partial charge in [0, 0.05) is 19.8 Å². The Morgan fingerprint density at radius 1 is 1.30 bits per heavy atom. The Morgan fingerprint density at radius 2 is 2.00 bits per heavy atom. The molecule has 3 heteroatoms. The van der Waals surface area contributed by atoms with E-state index in [1.54, 1.807) is 7.11 Å². The van der Waals surface area contributed by atoms with Crippen LogP contribution in [-0.4, -0.2) is 33.0 Å². The van der Waals surface area contributed by atoms with Gasteiger partial charge in [0.1, 0.15) is 0 Å². The zero-order valence-electron chi connectivity index (χ0n) is 6.80. The standard InChI is InChI=1S/C7H17NO2/c1-7(8)3-4-10-6-5-9-2/h7H,3-6,8H2,1-2H3. The first kappa shape index (κ1) is 9.88. The van der Waals surface area contributed by atoms with E-state index in [-0.39, 0.29) is 6.04 Å². The van der Waals surface area contributed by atoms with Crippen LogP contribution in [0.1, 0.15) is 13.3 Å². The summed E-state index contributed by atoms with van der Waals surface area (Å²) >= 11 is 0. The van der Waals surface area contributed by atoms with Crippen LogP contribution in [0.15, 0.2) is 0 Å². The van der Waals surface area contributed by atoms with Crippen molar-refractivity contribution >= 4 is 0 Å². The fourth-order valence-corrected chi connectivity index (χ4v) is 0.514. The molecular weight excluding hydrogens is 130 g/mol. The number of nitrogens with two attached hydrogens (primary N) is 1. The van der Waals surface area contributed by atoms with Gasteiger partial charge in [0.15, 0.2) is 0 Å². The summed E-state index contributed by atoms with van der Waals surface area (Å²) in [5.41, 5.74) is 5.50. The van der Waals surface area contributed by atoms with Crippen LogP contribution in [0.2, 0.25) is 0 Å². The fourth-order valence-electron chi connectivity index (χ4n) is 0.514. The minimum Gasteiger partial charge on any atom is -0.382 e. The molecule has 1 atom stereocenters. The molecule has 0 aliphatic heterocycles. The van der Waals surface area contributed by atoms with E-state index in [1.807, 2.05) is 6.92 Å². The lowest BCUT2D eigenvalue weighted by Crippen LogP contribution is -2.17. The van der Waals surface area contributed by atoms with Gasteiger partial charge >= 0.3 is 0 Å². The minimum atomic E-state index is 0.238. The highest BCUT2D eigenvalue weighted by Crippen LogP contribution is 1.86. The minimum absolute atomic E-state index is 0.238. The molecular formula is C7H17NO2. The Balaban J connectivity index is 2.77. The number of hydrogen-bond donors (Lipinski definition) is 1. The van der Waals surface area contributed by atoms with Gasteiger partial charge in [-0.15, -0.1) is 0 Å². The molecule has 0 aliphatic rings. The maximum Gasteiger partial charge on any atom is 0.0700 e. The monoisotopic (exact) mass is 147 g/mol. The summed E-state index contributed by atoms with van der Waals surface area (Å²) in [6, 6.07) is 0.238. The van der Waals surface area contributed by atoms with E-state index < -0.39 is 0 Å². The van der Waals surface area contributed by atoms with Crippen molar-refractivity contribution in [1.29, 1.82) is 0 Å². The summed E-state index contributed by atoms with van der Waals surface area (Å²) < 4.78 is 9.97. The van der Waals surface area contributed by atoms with Crippen LogP contribution in [0, 0.1) is 0 Å². The second-order valence-electron chi connectivity index (χ2n) is 2.37. The molecule has 0 saturated carbocycles. The fraction of sp³-hybridized carbons (Fsp3) is 1.00. The average Bonchev–Trinajstić information content (AvgIpc) is 1.87. The molecule has 0 bridgehead atoms. The third kappa shape index (κ3) is 7.88. The lowest BCUT2D eigenvalue weighted by atomic mass is 10.3. The average molecular weight is 147 g/mol. The molecule has 0 spiro atoms. The Labute approximate surface area is 62.5 Å². The van der Waals surface area contributed by atoms with E-state index in [1.165, 1.54) is 0 Å². The van der Waals surface area contributed by atoms with Crippen molar-refractivity contribution in [3.63, 3.8) is 0 Å². The molecule has 10 heavy (non-hydrogen) atoms. The summed E-state index contributed by atoms with van der Waals surface area (Å²) in [6.45, 7) is 4.04. The van der Waals surface area contributed by atoms with Crippen LogP contribution in [0.25, 0.3) is 0 Å². The van der Waals surface area contributed by atoms with E-state index >= 15 is 0 Å². The number of ether oxygens (including phenoxy) is 2. The molecule has 0 aromatic carbocycles. The van der Waals surface area contributed by atoms with Crippen molar-refractivity contribution in [1.82, 2.24) is 0 Å². The van der Waals surface area contributed by atoms with Crippen molar-refractivity contribution < 1.29 is 9.47 Å². The molecule has 0 aromatic rings. The first-order valence-corrected chi connectivity index (χ1v) is 3.59. The predicted octanol–water partition coefficient (Wildman–Crippen LogP) is 0.387. The Morgan fingerprint density at radius 3 is 2.50 bits per heavy atom. The van der Waals surface area contributed by atoms with Crippen molar-refractivity contribution in [2.75, 3.05) is 26.9 Å². The third-order valence-electron chi connectivity index (χ3n) is 1.15. The summed E-state index contributed by atoms with van der Waals surface area (Å²) in [5, 5.41) is 0. The molecule has 0 saturated heterocycles. The van der Waals surface area contributed by atoms with Crippen LogP contribution in [-0.2, 0) is 9.47 Å². The largest absolute Gasteiger partial charge is 0.382 e. The number of hydrogen-bond acceptors (Lipinski definition) is 3. The van der Waals surface area contributed by atoms with Gasteiger partial charge < -0.3 is 15.2 Å². The van der Waals surface area contributed by atoms with Gasteiger partial charge in [0.25, 0.3) is 0 Å². The molecule has 1 unspecified atom stereocenters. The maximum atomic E-state index is 5.50. The molecule has 62 valence electrons. The van der Waals surface area contributed by atoms with Crippen LogP contribution in [0.4, 0.5) is 0 Å². The number of rotatable bonds is 6. The highest BCUT2D eigenvalue weighted by Gasteiger charge is 1.92. The quantitative estimate of drug-likeness (QED) is 0.553. The van der Waals surface area contributed by atoms with Crippen LogP contribution >= 0.6 is 0 Å². The molecule has 2 N–H and O–H groups in total. The smallest absolute Gasteiger partial charge is 0.0700 e. The molecule has 0 amide bonds. The summed E-state index contributed by atoms with van der Waals surface area (Å²) in [5.74, 6) is 0. The lowest BCUT2D eigenvalue weighted by Gasteiger charge is -2.05. The Bertz CT molecular complexity index is 66.6. The van der Waals surface area contributed by atoms with E-state index in [9.17, 15) is 0 Å².